The number of ether oxygens (including phenoxy) is 2. The smallest absolute Gasteiger partial charge is 0.265 e. The molecule has 8 nitrogen and oxygen atoms in total. The van der Waals surface area contributed by atoms with Gasteiger partial charge in [-0.05, 0) is 42.5 Å². The first-order valence-corrected chi connectivity index (χ1v) is 12.3. The normalized spacial score (nSPS) is 14.5. The summed E-state index contributed by atoms with van der Waals surface area (Å²) < 4.78 is 11.4. The van der Waals surface area contributed by atoms with Crippen LogP contribution in [0.2, 0.25) is 0 Å². The van der Waals surface area contributed by atoms with E-state index in [0.717, 1.165) is 60.8 Å². The largest absolute Gasteiger partial charge is 0.492 e. The number of nitrogen functional groups attached to an aromatic ring is 1. The summed E-state index contributed by atoms with van der Waals surface area (Å²) >= 11 is 1.26. The maximum Gasteiger partial charge on any atom is 0.265 e. The molecule has 5 rings (SSSR count). The van der Waals surface area contributed by atoms with Crippen molar-refractivity contribution in [1.82, 2.24) is 15.1 Å². The number of hydrogen-bond donors (Lipinski definition) is 3. The van der Waals surface area contributed by atoms with Crippen molar-refractivity contribution >= 4 is 51.0 Å². The van der Waals surface area contributed by atoms with Gasteiger partial charge in [-0.15, -0.1) is 11.3 Å². The van der Waals surface area contributed by atoms with Crippen molar-refractivity contribution in [3.05, 3.63) is 70.7 Å². The molecule has 1 aliphatic heterocycles. The molecule has 1 fully saturated rings. The summed E-state index contributed by atoms with van der Waals surface area (Å²) in [6, 6.07) is 17.1. The maximum absolute atomic E-state index is 12.8. The van der Waals surface area contributed by atoms with Crippen LogP contribution >= 0.6 is 11.3 Å². The molecule has 0 atom stereocenters. The van der Waals surface area contributed by atoms with Gasteiger partial charge in [-0.2, -0.15) is 5.10 Å². The van der Waals surface area contributed by atoms with Crippen molar-refractivity contribution in [2.24, 2.45) is 0 Å². The Morgan fingerprint density at radius 2 is 2.03 bits per heavy atom. The molecule has 4 N–H and O–H groups in total. The number of morpholine rings is 1. The fourth-order valence-electron chi connectivity index (χ4n) is 3.94. The molecule has 0 radical (unpaired) electrons. The van der Waals surface area contributed by atoms with Crippen molar-refractivity contribution in [3.63, 3.8) is 0 Å². The molecule has 9 heteroatoms. The Balaban J connectivity index is 1.36. The lowest BCUT2D eigenvalue weighted by molar-refractivity contribution is 0.0322. The fraction of sp³-hybridized carbons (Fsp3) is 0.231. The summed E-state index contributed by atoms with van der Waals surface area (Å²) in [6.07, 6.45) is 3.88. The second-order valence-corrected chi connectivity index (χ2v) is 9.31. The first kappa shape index (κ1) is 23.1. The lowest BCUT2D eigenvalue weighted by Crippen LogP contribution is -2.38. The minimum Gasteiger partial charge on any atom is -0.492 e. The van der Waals surface area contributed by atoms with E-state index in [2.05, 4.69) is 20.4 Å². The SMILES string of the molecule is Nc1ccc(C(=O)Nc2ccc(OCCN3CCOCC3)cc2C=Cc2n[nH]c3ccccc23)s1. The van der Waals surface area contributed by atoms with Crippen LogP contribution in [0.25, 0.3) is 23.1 Å². The van der Waals surface area contributed by atoms with Crippen LogP contribution in [0.4, 0.5) is 10.7 Å². The molecule has 35 heavy (non-hydrogen) atoms. The lowest BCUT2D eigenvalue weighted by Gasteiger charge is -2.26. The van der Waals surface area contributed by atoms with Gasteiger partial charge in [-0.1, -0.05) is 24.3 Å². The van der Waals surface area contributed by atoms with E-state index >= 15 is 0 Å². The minimum atomic E-state index is -0.201. The molecule has 3 heterocycles. The van der Waals surface area contributed by atoms with E-state index < -0.39 is 0 Å². The molecule has 1 aliphatic rings. The highest BCUT2D eigenvalue weighted by atomic mass is 32.1. The molecule has 4 aromatic rings. The van der Waals surface area contributed by atoms with Crippen molar-refractivity contribution in [1.29, 1.82) is 0 Å². The number of para-hydroxylation sites is 1. The number of carbonyl (C=O) groups is 1. The van der Waals surface area contributed by atoms with Crippen LogP contribution in [0.3, 0.4) is 0 Å². The van der Waals surface area contributed by atoms with Crippen LogP contribution in [0.15, 0.2) is 54.6 Å². The van der Waals surface area contributed by atoms with E-state index in [-0.39, 0.29) is 5.91 Å². The summed E-state index contributed by atoms with van der Waals surface area (Å²) in [4.78, 5) is 15.7. The van der Waals surface area contributed by atoms with Crippen LogP contribution in [-0.2, 0) is 4.74 Å². The van der Waals surface area contributed by atoms with E-state index in [0.29, 0.717) is 22.2 Å². The number of carbonyl (C=O) groups excluding carboxylic acids is 1. The zero-order valence-corrected chi connectivity index (χ0v) is 20.0. The number of hydrogen-bond acceptors (Lipinski definition) is 7. The third-order valence-electron chi connectivity index (χ3n) is 5.82. The second kappa shape index (κ2) is 10.7. The van der Waals surface area contributed by atoms with Crippen LogP contribution in [-0.4, -0.2) is 60.5 Å². The predicted molar refractivity (Wildman–Crippen MR) is 141 cm³/mol. The molecule has 0 bridgehead atoms. The number of anilines is 2. The summed E-state index contributed by atoms with van der Waals surface area (Å²) in [7, 11) is 0. The van der Waals surface area contributed by atoms with Crippen LogP contribution < -0.4 is 15.8 Å². The Morgan fingerprint density at radius 3 is 2.86 bits per heavy atom. The molecule has 0 spiro atoms. The average Bonchev–Trinajstić information content (AvgIpc) is 3.51. The number of rotatable bonds is 8. The number of nitrogens with zero attached hydrogens (tertiary/aromatic N) is 2. The topological polar surface area (TPSA) is 106 Å². The van der Waals surface area contributed by atoms with E-state index in [1.54, 1.807) is 12.1 Å². The summed E-state index contributed by atoms with van der Waals surface area (Å²) in [5, 5.41) is 12.1. The summed E-state index contributed by atoms with van der Waals surface area (Å²) in [5.74, 6) is 0.538. The number of aromatic nitrogens is 2. The Kier molecular flexibility index (Phi) is 7.08. The number of fused-ring (bicyclic) bond motifs is 1. The standard InChI is InChI=1S/C26H27N5O3S/c27-25-10-9-24(35-25)26(32)28-21-8-6-19(34-16-13-31-11-14-33-15-12-31)17-18(21)5-7-23-20-3-1-2-4-22(20)29-30-23/h1-10,17H,11-16,27H2,(H,28,32)(H,29,30). The number of H-pyrrole nitrogens is 1. The summed E-state index contributed by atoms with van der Waals surface area (Å²) in [5.41, 5.74) is 9.09. The predicted octanol–water partition coefficient (Wildman–Crippen LogP) is 4.34. The molecule has 0 saturated carbocycles. The van der Waals surface area contributed by atoms with Gasteiger partial charge in [0.1, 0.15) is 12.4 Å². The number of nitrogens with two attached hydrogens (primary N) is 1. The second-order valence-electron chi connectivity index (χ2n) is 8.20. The minimum absolute atomic E-state index is 0.201. The van der Waals surface area contributed by atoms with Gasteiger partial charge in [0, 0.05) is 36.3 Å². The monoisotopic (exact) mass is 489 g/mol. The van der Waals surface area contributed by atoms with E-state index in [4.69, 9.17) is 15.2 Å². The highest BCUT2D eigenvalue weighted by molar-refractivity contribution is 7.17. The maximum atomic E-state index is 12.8. The zero-order valence-electron chi connectivity index (χ0n) is 19.2. The van der Waals surface area contributed by atoms with Gasteiger partial charge >= 0.3 is 0 Å². The van der Waals surface area contributed by atoms with Crippen molar-refractivity contribution in [3.8, 4) is 5.75 Å². The van der Waals surface area contributed by atoms with Crippen LogP contribution in [0.5, 0.6) is 5.75 Å². The molecule has 0 unspecified atom stereocenters. The van der Waals surface area contributed by atoms with Crippen LogP contribution in [0, 0.1) is 0 Å². The van der Waals surface area contributed by atoms with Gasteiger partial charge < -0.3 is 20.5 Å². The van der Waals surface area contributed by atoms with Gasteiger partial charge in [0.15, 0.2) is 0 Å². The first-order valence-electron chi connectivity index (χ1n) is 11.5. The molecule has 1 saturated heterocycles. The highest BCUT2D eigenvalue weighted by Crippen LogP contribution is 2.27. The molecule has 180 valence electrons. The number of benzene rings is 2. The van der Waals surface area contributed by atoms with Gasteiger partial charge in [-0.25, -0.2) is 0 Å². The molecule has 2 aromatic heterocycles. The Bertz CT molecular complexity index is 1340. The van der Waals surface area contributed by atoms with Crippen LogP contribution in [0.1, 0.15) is 20.9 Å². The third-order valence-corrected chi connectivity index (χ3v) is 6.74. The third kappa shape index (κ3) is 5.71. The number of aromatic amines is 1. The van der Waals surface area contributed by atoms with Crippen molar-refractivity contribution in [2.75, 3.05) is 50.5 Å². The molecular formula is C26H27N5O3S. The summed E-state index contributed by atoms with van der Waals surface area (Å²) in [6.45, 7) is 4.79. The molecular weight excluding hydrogens is 462 g/mol. The van der Waals surface area contributed by atoms with Gasteiger partial charge in [0.05, 0.1) is 34.3 Å². The van der Waals surface area contributed by atoms with E-state index in [1.165, 1.54) is 11.3 Å². The van der Waals surface area contributed by atoms with Crippen molar-refractivity contribution in [2.45, 2.75) is 0 Å². The Labute approximate surface area is 207 Å². The van der Waals surface area contributed by atoms with Gasteiger partial charge in [-0.3, -0.25) is 14.8 Å². The van der Waals surface area contributed by atoms with Gasteiger partial charge in [0.25, 0.3) is 5.91 Å². The highest BCUT2D eigenvalue weighted by Gasteiger charge is 2.13. The number of nitrogens with one attached hydrogen (secondary N) is 2. The Hall–Kier alpha value is -3.66. The molecule has 1 amide bonds. The fourth-order valence-corrected chi connectivity index (χ4v) is 4.61. The van der Waals surface area contributed by atoms with E-state index in [9.17, 15) is 4.79 Å². The first-order chi connectivity index (χ1) is 17.2. The lowest BCUT2D eigenvalue weighted by atomic mass is 10.1. The molecule has 0 aliphatic carbocycles. The average molecular weight is 490 g/mol. The number of thiophene rings is 1. The Morgan fingerprint density at radius 1 is 1.17 bits per heavy atom. The molecule has 2 aromatic carbocycles. The van der Waals surface area contributed by atoms with Crippen molar-refractivity contribution < 1.29 is 14.3 Å². The van der Waals surface area contributed by atoms with E-state index in [1.807, 2.05) is 54.6 Å². The quantitative estimate of drug-likeness (QED) is 0.340. The number of amides is 1. The zero-order chi connectivity index (χ0) is 24.0. The van der Waals surface area contributed by atoms with Gasteiger partial charge in [0.2, 0.25) is 0 Å².